The van der Waals surface area contributed by atoms with Crippen LogP contribution in [0.5, 0.6) is 11.5 Å². The number of carbonyl (C=O) groups is 1. The molecule has 10 heteroatoms. The van der Waals surface area contributed by atoms with Crippen molar-refractivity contribution in [3.05, 3.63) is 23.8 Å². The van der Waals surface area contributed by atoms with Gasteiger partial charge >= 0.3 is 6.61 Å². The number of nitrogens with one attached hydrogen (secondary N) is 3. The van der Waals surface area contributed by atoms with Crippen LogP contribution in [-0.4, -0.2) is 44.7 Å². The molecule has 0 atom stereocenters. The van der Waals surface area contributed by atoms with Crippen molar-refractivity contribution in [2.75, 3.05) is 26.2 Å². The normalized spacial score (nSPS) is 13.5. The molecule has 0 heterocycles. The van der Waals surface area contributed by atoms with E-state index in [-0.39, 0.29) is 53.8 Å². The highest BCUT2D eigenvalue weighted by Gasteiger charge is 2.28. The zero-order valence-electron chi connectivity index (χ0n) is 16.7. The number of benzene rings is 1. The van der Waals surface area contributed by atoms with Crippen molar-refractivity contribution >= 4 is 35.8 Å². The summed E-state index contributed by atoms with van der Waals surface area (Å²) >= 11 is 0. The number of rotatable bonds is 11. The van der Waals surface area contributed by atoms with E-state index in [0.717, 1.165) is 12.8 Å². The second-order valence-electron chi connectivity index (χ2n) is 6.24. The standard InChI is InChI=1S/C19H28F2N4O3.HI/c1-3-22-19(24-11-10-23-17(26)13-8-9-13)25-12-14-6-5-7-15(27-4-2)16(14)28-18(20)21;/h5-7,13,18H,3-4,8-12H2,1-2H3,(H,23,26)(H2,22,24,25);1H. The first kappa shape index (κ1) is 25.2. The Morgan fingerprint density at radius 3 is 2.55 bits per heavy atom. The molecule has 0 unspecified atom stereocenters. The molecule has 1 aliphatic carbocycles. The van der Waals surface area contributed by atoms with Gasteiger partial charge in [0.1, 0.15) is 0 Å². The summed E-state index contributed by atoms with van der Waals surface area (Å²) in [6.07, 6.45) is 1.93. The molecular weight excluding hydrogens is 497 g/mol. The van der Waals surface area contributed by atoms with Crippen molar-refractivity contribution in [1.29, 1.82) is 0 Å². The third kappa shape index (κ3) is 9.01. The van der Waals surface area contributed by atoms with Crippen LogP contribution in [-0.2, 0) is 11.3 Å². The Morgan fingerprint density at radius 2 is 1.93 bits per heavy atom. The SMILES string of the molecule is CCNC(=NCc1cccc(OCC)c1OC(F)F)NCCNC(=O)C1CC1.I. The number of hydrogen-bond acceptors (Lipinski definition) is 4. The van der Waals surface area contributed by atoms with Gasteiger partial charge in [0, 0.05) is 31.1 Å². The van der Waals surface area contributed by atoms with Gasteiger partial charge in [0.05, 0.1) is 13.2 Å². The fourth-order valence-electron chi connectivity index (χ4n) is 2.54. The lowest BCUT2D eigenvalue weighted by Crippen LogP contribution is -2.41. The summed E-state index contributed by atoms with van der Waals surface area (Å²) in [6, 6.07) is 4.96. The van der Waals surface area contributed by atoms with Crippen LogP contribution in [0.3, 0.4) is 0 Å². The lowest BCUT2D eigenvalue weighted by Gasteiger charge is -2.15. The molecule has 1 fully saturated rings. The van der Waals surface area contributed by atoms with Crippen molar-refractivity contribution in [2.24, 2.45) is 10.9 Å². The first-order valence-electron chi connectivity index (χ1n) is 9.54. The number of ether oxygens (including phenoxy) is 2. The number of para-hydroxylation sites is 1. The Morgan fingerprint density at radius 1 is 1.21 bits per heavy atom. The largest absolute Gasteiger partial charge is 0.490 e. The van der Waals surface area contributed by atoms with E-state index in [1.165, 1.54) is 0 Å². The molecule has 1 saturated carbocycles. The van der Waals surface area contributed by atoms with Gasteiger partial charge in [-0.1, -0.05) is 12.1 Å². The van der Waals surface area contributed by atoms with E-state index >= 15 is 0 Å². The Hall–Kier alpha value is -1.85. The van der Waals surface area contributed by atoms with Crippen molar-refractivity contribution in [3.8, 4) is 11.5 Å². The average molecular weight is 526 g/mol. The number of nitrogens with zero attached hydrogens (tertiary/aromatic N) is 1. The van der Waals surface area contributed by atoms with Gasteiger partial charge < -0.3 is 25.4 Å². The van der Waals surface area contributed by atoms with E-state index in [1.54, 1.807) is 25.1 Å². The van der Waals surface area contributed by atoms with Crippen molar-refractivity contribution < 1.29 is 23.0 Å². The third-order valence-electron chi connectivity index (χ3n) is 3.98. The highest BCUT2D eigenvalue weighted by atomic mass is 127. The molecule has 2 rings (SSSR count). The predicted octanol–water partition coefficient (Wildman–Crippen LogP) is 2.89. The molecule has 3 N–H and O–H groups in total. The molecule has 0 saturated heterocycles. The summed E-state index contributed by atoms with van der Waals surface area (Å²) in [5, 5.41) is 9.06. The van der Waals surface area contributed by atoms with Crippen LogP contribution in [0.2, 0.25) is 0 Å². The monoisotopic (exact) mass is 526 g/mol. The minimum Gasteiger partial charge on any atom is -0.490 e. The minimum absolute atomic E-state index is 0. The van der Waals surface area contributed by atoms with Gasteiger partial charge in [0.15, 0.2) is 17.5 Å². The lowest BCUT2D eigenvalue weighted by atomic mass is 10.2. The van der Waals surface area contributed by atoms with Gasteiger partial charge in [-0.3, -0.25) is 4.79 Å². The molecule has 1 amide bonds. The van der Waals surface area contributed by atoms with E-state index in [1.807, 2.05) is 6.92 Å². The van der Waals surface area contributed by atoms with Crippen LogP contribution >= 0.6 is 24.0 Å². The molecule has 29 heavy (non-hydrogen) atoms. The fourth-order valence-corrected chi connectivity index (χ4v) is 2.54. The van der Waals surface area contributed by atoms with E-state index in [0.29, 0.717) is 37.8 Å². The number of guanidine groups is 1. The summed E-state index contributed by atoms with van der Waals surface area (Å²) in [4.78, 5) is 16.0. The number of halogens is 3. The number of hydrogen-bond donors (Lipinski definition) is 3. The van der Waals surface area contributed by atoms with Gasteiger partial charge in [-0.25, -0.2) is 4.99 Å². The molecular formula is C19H29F2IN4O3. The topological polar surface area (TPSA) is 84.0 Å². The van der Waals surface area contributed by atoms with E-state index in [9.17, 15) is 13.6 Å². The van der Waals surface area contributed by atoms with E-state index < -0.39 is 6.61 Å². The molecule has 164 valence electrons. The molecule has 1 aliphatic rings. The van der Waals surface area contributed by atoms with Gasteiger partial charge in [-0.05, 0) is 32.8 Å². The summed E-state index contributed by atoms with van der Waals surface area (Å²) in [7, 11) is 0. The molecule has 0 radical (unpaired) electrons. The highest BCUT2D eigenvalue weighted by molar-refractivity contribution is 14.0. The Labute approximate surface area is 187 Å². The van der Waals surface area contributed by atoms with Crippen molar-refractivity contribution in [3.63, 3.8) is 0 Å². The van der Waals surface area contributed by atoms with E-state index in [2.05, 4.69) is 25.7 Å². The van der Waals surface area contributed by atoms with Gasteiger partial charge in [-0.2, -0.15) is 8.78 Å². The van der Waals surface area contributed by atoms with Gasteiger partial charge in [0.2, 0.25) is 5.91 Å². The quantitative estimate of drug-likeness (QED) is 0.179. The van der Waals surface area contributed by atoms with Crippen LogP contribution in [0.4, 0.5) is 8.78 Å². The maximum Gasteiger partial charge on any atom is 0.387 e. The van der Waals surface area contributed by atoms with Crippen LogP contribution in [0, 0.1) is 5.92 Å². The number of aliphatic imine (C=N–C) groups is 1. The number of alkyl halides is 2. The zero-order chi connectivity index (χ0) is 20.4. The Kier molecular flexibility index (Phi) is 11.6. The van der Waals surface area contributed by atoms with Crippen LogP contribution in [0.1, 0.15) is 32.3 Å². The first-order chi connectivity index (χ1) is 13.5. The van der Waals surface area contributed by atoms with Crippen LogP contribution < -0.4 is 25.4 Å². The minimum atomic E-state index is -2.95. The summed E-state index contributed by atoms with van der Waals surface area (Å²) in [5.41, 5.74) is 0.491. The summed E-state index contributed by atoms with van der Waals surface area (Å²) in [5.74, 6) is 1.04. The summed E-state index contributed by atoms with van der Waals surface area (Å²) < 4.78 is 35.6. The zero-order valence-corrected chi connectivity index (χ0v) is 19.0. The molecule has 0 spiro atoms. The van der Waals surface area contributed by atoms with Gasteiger partial charge in [0.25, 0.3) is 0 Å². The van der Waals surface area contributed by atoms with Crippen LogP contribution in [0.15, 0.2) is 23.2 Å². The molecule has 1 aromatic carbocycles. The van der Waals surface area contributed by atoms with Crippen molar-refractivity contribution in [1.82, 2.24) is 16.0 Å². The number of carbonyl (C=O) groups excluding carboxylic acids is 1. The predicted molar refractivity (Wildman–Crippen MR) is 118 cm³/mol. The second kappa shape index (κ2) is 13.4. The van der Waals surface area contributed by atoms with Crippen molar-refractivity contribution in [2.45, 2.75) is 39.8 Å². The fraction of sp³-hybridized carbons (Fsp3) is 0.579. The van der Waals surface area contributed by atoms with Gasteiger partial charge in [-0.15, -0.1) is 24.0 Å². The molecule has 0 aliphatic heterocycles. The molecule has 0 bridgehead atoms. The Bertz CT molecular complexity index is 673. The van der Waals surface area contributed by atoms with E-state index in [4.69, 9.17) is 4.74 Å². The summed E-state index contributed by atoms with van der Waals surface area (Å²) in [6.45, 7) is 2.84. The highest BCUT2D eigenvalue weighted by Crippen LogP contribution is 2.33. The number of amides is 1. The molecule has 0 aromatic heterocycles. The molecule has 1 aromatic rings. The third-order valence-corrected chi connectivity index (χ3v) is 3.98. The average Bonchev–Trinajstić information content (AvgIpc) is 3.50. The lowest BCUT2D eigenvalue weighted by molar-refractivity contribution is -0.122. The second-order valence-corrected chi connectivity index (χ2v) is 6.24. The smallest absolute Gasteiger partial charge is 0.387 e. The maximum atomic E-state index is 12.8. The Balaban J connectivity index is 0.00000420. The molecule has 7 nitrogen and oxygen atoms in total. The van der Waals surface area contributed by atoms with Crippen LogP contribution in [0.25, 0.3) is 0 Å². The maximum absolute atomic E-state index is 12.8. The first-order valence-corrected chi connectivity index (χ1v) is 9.54.